The zero-order valence-corrected chi connectivity index (χ0v) is 46.4. The number of aromatic nitrogens is 5. The largest absolute Gasteiger partial charge is 0.314 e. The van der Waals surface area contributed by atoms with Gasteiger partial charge in [0.15, 0.2) is 0 Å². The minimum Gasteiger partial charge on any atom is -0.314 e. The van der Waals surface area contributed by atoms with Crippen molar-refractivity contribution in [1.29, 1.82) is 0 Å². The highest BCUT2D eigenvalue weighted by Gasteiger charge is 2.27. The van der Waals surface area contributed by atoms with E-state index in [4.69, 9.17) is 9.97 Å². The molecule has 15 rings (SSSR count). The monoisotopic (exact) mass is 1070 g/mol. The first-order valence-corrected chi connectivity index (χ1v) is 28.8. The number of nitrogens with zero attached hydrogens (tertiary/aromatic N) is 7. The normalized spacial score (nSPS) is 12.9. The summed E-state index contributed by atoms with van der Waals surface area (Å²) in [5.74, 6) is 0. The van der Waals surface area contributed by atoms with Crippen molar-refractivity contribution in [3.05, 3.63) is 301 Å². The van der Waals surface area contributed by atoms with Crippen LogP contribution in [0.25, 0.3) is 88.6 Å². The minimum absolute atomic E-state index is 0.666. The van der Waals surface area contributed by atoms with Crippen molar-refractivity contribution >= 4 is 94.2 Å². The molecule has 5 aromatic heterocycles. The van der Waals surface area contributed by atoms with Gasteiger partial charge in [-0.15, -0.1) is 0 Å². The van der Waals surface area contributed by atoms with Crippen LogP contribution in [-0.2, 0) is 12.8 Å². The van der Waals surface area contributed by atoms with E-state index >= 15 is 0 Å². The average Bonchev–Trinajstić information content (AvgIpc) is 4.27. The lowest BCUT2D eigenvalue weighted by Gasteiger charge is -2.29. The third-order valence-corrected chi connectivity index (χ3v) is 17.0. The first-order valence-electron chi connectivity index (χ1n) is 28.8. The van der Waals surface area contributed by atoms with Gasteiger partial charge in [0, 0.05) is 102 Å². The fraction of sp³-hybridized carbons (Fsp3) is 0.0789. The van der Waals surface area contributed by atoms with Crippen molar-refractivity contribution < 1.29 is 0 Å². The van der Waals surface area contributed by atoms with Gasteiger partial charge in [0.05, 0.1) is 44.5 Å². The van der Waals surface area contributed by atoms with E-state index < -0.39 is 0 Å². The van der Waals surface area contributed by atoms with Crippen LogP contribution in [0.1, 0.15) is 42.3 Å². The molecule has 0 saturated heterocycles. The molecular weight excluding hydrogens is 1010 g/mol. The van der Waals surface area contributed by atoms with Crippen molar-refractivity contribution in [2.24, 2.45) is 0 Å². The molecule has 1 aliphatic carbocycles. The molecule has 83 heavy (non-hydrogen) atoms. The second-order valence-corrected chi connectivity index (χ2v) is 21.5. The van der Waals surface area contributed by atoms with Crippen molar-refractivity contribution in [3.63, 3.8) is 0 Å². The molecule has 0 bridgehead atoms. The number of hydrogen-bond acceptors (Lipinski definition) is 4. The van der Waals surface area contributed by atoms with E-state index in [-0.39, 0.29) is 0 Å². The summed E-state index contributed by atoms with van der Waals surface area (Å²) in [6.45, 7) is 4.45. The van der Waals surface area contributed by atoms with Crippen molar-refractivity contribution in [2.45, 2.75) is 39.5 Å². The Morgan fingerprint density at radius 3 is 1.70 bits per heavy atom. The molecular formula is C76H59N7. The van der Waals surface area contributed by atoms with E-state index in [1.54, 1.807) is 0 Å². The lowest BCUT2D eigenvalue weighted by molar-refractivity contribution is 0.854. The summed E-state index contributed by atoms with van der Waals surface area (Å²) >= 11 is 0. The summed E-state index contributed by atoms with van der Waals surface area (Å²) in [6, 6.07) is 85.6. The van der Waals surface area contributed by atoms with Gasteiger partial charge >= 0.3 is 0 Å². The van der Waals surface area contributed by atoms with Crippen LogP contribution in [0.3, 0.4) is 0 Å². The number of rotatable bonds is 12. The standard InChI is InChI=1S/C76H59N7/c1-3-53(79(72-38-18-33-67-63(72)31-20-48-77-67)59-43-47-76-66(51-59)61-30-14-16-36-71(61)83(76)56-26-11-6-12-27-56)28-17-37-69-52(2)65-50-58(42-46-75(65)81(69)54-22-7-4-8-23-54)80(73-39-19-34-68-64(73)32-21-49-78-68)57-40-44-62-60-29-13-15-35-70(60)82(74(62)45-41-57)55-24-9-5-10-25-55/h3-27,29-40,42-43,46-51H,28,41,44-45H2,1-2H3/b37-17?,53-3+. The van der Waals surface area contributed by atoms with E-state index in [0.29, 0.717) is 6.42 Å². The lowest BCUT2D eigenvalue weighted by atomic mass is 10.1. The van der Waals surface area contributed by atoms with E-state index in [1.807, 2.05) is 18.5 Å². The Morgan fingerprint density at radius 1 is 0.470 bits per heavy atom. The molecule has 0 unspecified atom stereocenters. The molecule has 0 spiro atoms. The zero-order valence-electron chi connectivity index (χ0n) is 46.4. The average molecular weight is 1070 g/mol. The van der Waals surface area contributed by atoms with Gasteiger partial charge in [0.1, 0.15) is 0 Å². The highest BCUT2D eigenvalue weighted by Crippen LogP contribution is 2.44. The van der Waals surface area contributed by atoms with Crippen molar-refractivity contribution in [1.82, 2.24) is 23.7 Å². The van der Waals surface area contributed by atoms with E-state index in [0.717, 1.165) is 92.1 Å². The summed E-state index contributed by atoms with van der Waals surface area (Å²) in [7, 11) is 0. The van der Waals surface area contributed by atoms with Crippen LogP contribution in [0.5, 0.6) is 0 Å². The van der Waals surface area contributed by atoms with Crippen LogP contribution < -0.4 is 9.80 Å². The first-order chi connectivity index (χ1) is 41.1. The molecule has 0 saturated carbocycles. The predicted molar refractivity (Wildman–Crippen MR) is 347 cm³/mol. The second kappa shape index (κ2) is 20.9. The Balaban J connectivity index is 0.844. The highest BCUT2D eigenvalue weighted by molar-refractivity contribution is 6.11. The molecule has 7 heteroatoms. The molecule has 7 nitrogen and oxygen atoms in total. The van der Waals surface area contributed by atoms with Gasteiger partial charge in [-0.2, -0.15) is 0 Å². The fourth-order valence-electron chi connectivity index (χ4n) is 13.2. The Bertz CT molecular complexity index is 4870. The Kier molecular flexibility index (Phi) is 12.5. The predicted octanol–water partition coefficient (Wildman–Crippen LogP) is 19.4. The number of hydrogen-bond donors (Lipinski definition) is 0. The van der Waals surface area contributed by atoms with Crippen molar-refractivity contribution in [2.75, 3.05) is 9.80 Å². The molecule has 0 radical (unpaired) electrons. The minimum atomic E-state index is 0.666. The molecule has 0 aliphatic heterocycles. The third kappa shape index (κ3) is 8.51. The number of aryl methyl sites for hydroxylation is 1. The first kappa shape index (κ1) is 49.5. The Labute approximate surface area is 482 Å². The highest BCUT2D eigenvalue weighted by atomic mass is 15.2. The second-order valence-electron chi connectivity index (χ2n) is 21.5. The van der Waals surface area contributed by atoms with Crippen molar-refractivity contribution in [3.8, 4) is 17.1 Å². The van der Waals surface area contributed by atoms with Crippen LogP contribution in [0, 0.1) is 6.92 Å². The SMILES string of the molecule is C/C=C(\CC=Cc1c(C)c2cc(N(C3=CCc4c(n(-c5ccccc5)c5ccccc45)CC3)c3cccc4ncccc34)ccc2n1-c1ccccc1)N(c1ccc2c(c1)c1ccccc1n2-c1ccccc1)c1cccc2ncccc12. The van der Waals surface area contributed by atoms with Crippen LogP contribution in [0.15, 0.2) is 279 Å². The molecule has 398 valence electrons. The molecule has 0 fully saturated rings. The van der Waals surface area contributed by atoms with Gasteiger partial charge < -0.3 is 23.5 Å². The summed E-state index contributed by atoms with van der Waals surface area (Å²) in [6.07, 6.45) is 16.5. The van der Waals surface area contributed by atoms with E-state index in [9.17, 15) is 0 Å². The lowest BCUT2D eigenvalue weighted by Crippen LogP contribution is -2.17. The molecule has 0 N–H and O–H groups in total. The van der Waals surface area contributed by atoms with Crippen LogP contribution in [0.4, 0.5) is 22.7 Å². The summed E-state index contributed by atoms with van der Waals surface area (Å²) in [5.41, 5.74) is 22.1. The number of para-hydroxylation sites is 5. The summed E-state index contributed by atoms with van der Waals surface area (Å²) in [5, 5.41) is 7.14. The molecule has 9 aromatic carbocycles. The zero-order chi connectivity index (χ0) is 55.4. The number of benzene rings is 9. The maximum absolute atomic E-state index is 4.87. The number of pyridine rings is 2. The van der Waals surface area contributed by atoms with E-state index in [1.165, 1.54) is 66.3 Å². The van der Waals surface area contributed by atoms with Crippen LogP contribution in [-0.4, -0.2) is 23.7 Å². The van der Waals surface area contributed by atoms with Gasteiger partial charge in [-0.05, 0) is 184 Å². The third-order valence-electron chi connectivity index (χ3n) is 17.0. The molecule has 0 amide bonds. The molecule has 1 aliphatic rings. The summed E-state index contributed by atoms with van der Waals surface area (Å²) in [4.78, 5) is 14.7. The van der Waals surface area contributed by atoms with Crippen LogP contribution >= 0.6 is 0 Å². The smallest absolute Gasteiger partial charge is 0.0723 e. The van der Waals surface area contributed by atoms with Gasteiger partial charge in [-0.3, -0.25) is 9.97 Å². The number of allylic oxidation sites excluding steroid dienone is 4. The van der Waals surface area contributed by atoms with Gasteiger partial charge in [0.25, 0.3) is 0 Å². The fourth-order valence-corrected chi connectivity index (χ4v) is 13.2. The van der Waals surface area contributed by atoms with Gasteiger partial charge in [0.2, 0.25) is 0 Å². The van der Waals surface area contributed by atoms with E-state index in [2.05, 4.69) is 292 Å². The quantitative estimate of drug-likeness (QED) is 0.122. The van der Waals surface area contributed by atoms with Gasteiger partial charge in [-0.25, -0.2) is 0 Å². The van der Waals surface area contributed by atoms with Crippen LogP contribution in [0.2, 0.25) is 0 Å². The number of anilines is 4. The maximum atomic E-state index is 4.87. The molecule has 5 heterocycles. The van der Waals surface area contributed by atoms with Gasteiger partial charge in [-0.1, -0.05) is 121 Å². The Morgan fingerprint density at radius 2 is 1.01 bits per heavy atom. The Hall–Kier alpha value is -10.5. The number of fused-ring (bicyclic) bond motifs is 9. The molecule has 0 atom stereocenters. The topological polar surface area (TPSA) is 47.1 Å². The maximum Gasteiger partial charge on any atom is 0.0723 e. The summed E-state index contributed by atoms with van der Waals surface area (Å²) < 4.78 is 7.31. The molecule has 14 aromatic rings.